The number of hydrogen-bond acceptors (Lipinski definition) is 5. The molecule has 1 aromatic heterocycles. The maximum Gasteiger partial charge on any atom is 0.412 e. The number of aryl methyl sites for hydroxylation is 1. The molecule has 1 aromatic carbocycles. The van der Waals surface area contributed by atoms with Crippen LogP contribution in [0.25, 0.3) is 0 Å². The van der Waals surface area contributed by atoms with Crippen molar-refractivity contribution in [2.45, 2.75) is 32.2 Å². The van der Waals surface area contributed by atoms with E-state index in [9.17, 15) is 13.6 Å². The molecule has 8 heteroatoms. The number of nitrogens with one attached hydrogen (secondary N) is 1. The molecular formula is C21H23F2N3O3. The van der Waals surface area contributed by atoms with Gasteiger partial charge in [0.25, 0.3) is 0 Å². The molecule has 0 atom stereocenters. The van der Waals surface area contributed by atoms with E-state index in [0.717, 1.165) is 55.1 Å². The first kappa shape index (κ1) is 19.6. The Morgan fingerprint density at radius 1 is 1.24 bits per heavy atom. The van der Waals surface area contributed by atoms with Crippen molar-refractivity contribution in [3.05, 3.63) is 52.7 Å². The van der Waals surface area contributed by atoms with Crippen LogP contribution in [0.4, 0.5) is 19.4 Å². The number of pyridine rings is 1. The topological polar surface area (TPSA) is 63.7 Å². The van der Waals surface area contributed by atoms with Gasteiger partial charge in [0.2, 0.25) is 0 Å². The van der Waals surface area contributed by atoms with Gasteiger partial charge in [-0.05, 0) is 49.1 Å². The molecule has 1 saturated heterocycles. The molecule has 154 valence electrons. The summed E-state index contributed by atoms with van der Waals surface area (Å²) in [5.41, 5.74) is 2.08. The standard InChI is InChI=1S/C21H23F2N3O3/c1-13-10-18(26-6-8-28-9-7-26)25-19(15-3-4-15)20(13)29-21(27)24-12-14-2-5-16(22)17(23)11-14/h2,5,10-11,15H,3-4,6-9,12H2,1H3,(H,24,27). The summed E-state index contributed by atoms with van der Waals surface area (Å²) in [7, 11) is 0. The quantitative estimate of drug-likeness (QED) is 0.825. The van der Waals surface area contributed by atoms with Crippen molar-refractivity contribution in [3.8, 4) is 5.75 Å². The van der Waals surface area contributed by atoms with Gasteiger partial charge in [-0.3, -0.25) is 0 Å². The molecule has 0 spiro atoms. The fourth-order valence-electron chi connectivity index (χ4n) is 3.34. The molecule has 1 aliphatic heterocycles. The number of halogens is 2. The minimum absolute atomic E-state index is 0.0349. The molecule has 4 rings (SSSR count). The SMILES string of the molecule is Cc1cc(N2CCOCC2)nc(C2CC2)c1OC(=O)NCc1ccc(F)c(F)c1. The zero-order valence-electron chi connectivity index (χ0n) is 16.2. The lowest BCUT2D eigenvalue weighted by Crippen LogP contribution is -2.37. The number of rotatable bonds is 5. The van der Waals surface area contributed by atoms with Crippen molar-refractivity contribution in [1.82, 2.24) is 10.3 Å². The first-order chi connectivity index (χ1) is 14.0. The smallest absolute Gasteiger partial charge is 0.408 e. The average molecular weight is 403 g/mol. The summed E-state index contributed by atoms with van der Waals surface area (Å²) < 4.78 is 37.3. The zero-order chi connectivity index (χ0) is 20.4. The number of anilines is 1. The van der Waals surface area contributed by atoms with Crippen molar-refractivity contribution in [3.63, 3.8) is 0 Å². The molecule has 2 heterocycles. The fraction of sp³-hybridized carbons (Fsp3) is 0.429. The molecule has 0 bridgehead atoms. The number of carbonyl (C=O) groups is 1. The Morgan fingerprint density at radius 3 is 2.69 bits per heavy atom. The van der Waals surface area contributed by atoms with Crippen molar-refractivity contribution < 1.29 is 23.0 Å². The number of hydrogen-bond donors (Lipinski definition) is 1. The van der Waals surface area contributed by atoms with Gasteiger partial charge in [-0.25, -0.2) is 18.6 Å². The Morgan fingerprint density at radius 2 is 2.00 bits per heavy atom. The Bertz CT molecular complexity index is 912. The molecule has 29 heavy (non-hydrogen) atoms. The zero-order valence-corrected chi connectivity index (χ0v) is 16.2. The lowest BCUT2D eigenvalue weighted by molar-refractivity contribution is 0.122. The third kappa shape index (κ3) is 4.64. The Balaban J connectivity index is 1.47. The summed E-state index contributed by atoms with van der Waals surface area (Å²) in [6, 6.07) is 5.42. The predicted molar refractivity (Wildman–Crippen MR) is 103 cm³/mol. The van der Waals surface area contributed by atoms with Crippen LogP contribution < -0.4 is 15.0 Å². The van der Waals surface area contributed by atoms with Gasteiger partial charge in [0.1, 0.15) is 5.82 Å². The van der Waals surface area contributed by atoms with E-state index in [4.69, 9.17) is 14.5 Å². The molecule has 2 aliphatic rings. The first-order valence-corrected chi connectivity index (χ1v) is 9.75. The third-order valence-corrected chi connectivity index (χ3v) is 5.09. The summed E-state index contributed by atoms with van der Waals surface area (Å²) in [6.45, 7) is 4.84. The van der Waals surface area contributed by atoms with E-state index < -0.39 is 17.7 Å². The summed E-state index contributed by atoms with van der Waals surface area (Å²) in [6.07, 6.45) is 1.39. The normalized spacial score (nSPS) is 16.6. The van der Waals surface area contributed by atoms with Crippen LogP contribution in [0.15, 0.2) is 24.3 Å². The second-order valence-electron chi connectivity index (χ2n) is 7.38. The Hall–Kier alpha value is -2.74. The lowest BCUT2D eigenvalue weighted by atomic mass is 10.1. The van der Waals surface area contributed by atoms with Crippen LogP contribution in [0.3, 0.4) is 0 Å². The highest BCUT2D eigenvalue weighted by atomic mass is 19.2. The number of aromatic nitrogens is 1. The predicted octanol–water partition coefficient (Wildman–Crippen LogP) is 3.67. The molecular weight excluding hydrogens is 380 g/mol. The average Bonchev–Trinajstić information content (AvgIpc) is 3.56. The number of ether oxygens (including phenoxy) is 2. The number of morpholine rings is 1. The van der Waals surface area contributed by atoms with Crippen molar-refractivity contribution in [2.24, 2.45) is 0 Å². The highest BCUT2D eigenvalue weighted by molar-refractivity contribution is 5.72. The molecule has 1 amide bonds. The van der Waals surface area contributed by atoms with Crippen LogP contribution in [0.2, 0.25) is 0 Å². The Labute approximate surface area is 167 Å². The van der Waals surface area contributed by atoms with Crippen LogP contribution in [-0.4, -0.2) is 37.4 Å². The highest BCUT2D eigenvalue weighted by Crippen LogP contribution is 2.45. The van der Waals surface area contributed by atoms with E-state index in [1.165, 1.54) is 6.07 Å². The van der Waals surface area contributed by atoms with Crippen molar-refractivity contribution >= 4 is 11.9 Å². The molecule has 0 unspecified atom stereocenters. The summed E-state index contributed by atoms with van der Waals surface area (Å²) in [4.78, 5) is 19.3. The summed E-state index contributed by atoms with van der Waals surface area (Å²) >= 11 is 0. The van der Waals surface area contributed by atoms with Gasteiger partial charge >= 0.3 is 6.09 Å². The van der Waals surface area contributed by atoms with Gasteiger partial charge in [-0.2, -0.15) is 0 Å². The summed E-state index contributed by atoms with van der Waals surface area (Å²) in [5, 5.41) is 2.58. The molecule has 1 saturated carbocycles. The second-order valence-corrected chi connectivity index (χ2v) is 7.38. The van der Waals surface area contributed by atoms with E-state index in [2.05, 4.69) is 10.2 Å². The van der Waals surface area contributed by atoms with Crippen LogP contribution in [0.5, 0.6) is 5.75 Å². The molecule has 1 N–H and O–H groups in total. The monoisotopic (exact) mass is 403 g/mol. The lowest BCUT2D eigenvalue weighted by Gasteiger charge is -2.29. The molecule has 2 fully saturated rings. The van der Waals surface area contributed by atoms with Gasteiger partial charge in [-0.1, -0.05) is 6.07 Å². The number of nitrogens with zero attached hydrogens (tertiary/aromatic N) is 2. The van der Waals surface area contributed by atoms with Crippen molar-refractivity contribution in [1.29, 1.82) is 0 Å². The Kier molecular flexibility index (Phi) is 5.62. The van der Waals surface area contributed by atoms with Gasteiger partial charge < -0.3 is 19.7 Å². The fourth-order valence-corrected chi connectivity index (χ4v) is 3.34. The largest absolute Gasteiger partial charge is 0.412 e. The third-order valence-electron chi connectivity index (χ3n) is 5.09. The minimum atomic E-state index is -0.951. The van der Waals surface area contributed by atoms with E-state index >= 15 is 0 Å². The maximum absolute atomic E-state index is 13.3. The molecule has 1 aliphatic carbocycles. The van der Waals surface area contributed by atoms with Crippen LogP contribution in [0.1, 0.15) is 35.6 Å². The highest BCUT2D eigenvalue weighted by Gasteiger charge is 2.31. The van der Waals surface area contributed by atoms with Crippen molar-refractivity contribution in [2.75, 3.05) is 31.2 Å². The van der Waals surface area contributed by atoms with Gasteiger partial charge in [0, 0.05) is 25.6 Å². The number of amides is 1. The minimum Gasteiger partial charge on any atom is -0.408 e. The van der Waals surface area contributed by atoms with E-state index in [0.29, 0.717) is 30.4 Å². The summed E-state index contributed by atoms with van der Waals surface area (Å²) in [5.74, 6) is -0.224. The van der Waals surface area contributed by atoms with Gasteiger partial charge in [-0.15, -0.1) is 0 Å². The molecule has 6 nitrogen and oxygen atoms in total. The maximum atomic E-state index is 13.3. The number of benzene rings is 1. The van der Waals surface area contributed by atoms with E-state index in [-0.39, 0.29) is 6.54 Å². The first-order valence-electron chi connectivity index (χ1n) is 9.75. The van der Waals surface area contributed by atoms with Gasteiger partial charge in [0.05, 0.1) is 18.9 Å². The number of carbonyl (C=O) groups excluding carboxylic acids is 1. The van der Waals surface area contributed by atoms with Gasteiger partial charge in [0.15, 0.2) is 17.4 Å². The van der Waals surface area contributed by atoms with Crippen LogP contribution in [-0.2, 0) is 11.3 Å². The molecule has 0 radical (unpaired) electrons. The van der Waals surface area contributed by atoms with Crippen LogP contribution >= 0.6 is 0 Å². The van der Waals surface area contributed by atoms with E-state index in [1.807, 2.05) is 13.0 Å². The van der Waals surface area contributed by atoms with Crippen LogP contribution in [0, 0.1) is 18.6 Å². The second kappa shape index (κ2) is 8.32. The van der Waals surface area contributed by atoms with E-state index in [1.54, 1.807) is 0 Å². The molecule has 2 aromatic rings.